The summed E-state index contributed by atoms with van der Waals surface area (Å²) in [6.45, 7) is 3.84. The van der Waals surface area contributed by atoms with E-state index in [1.165, 1.54) is 5.39 Å². The van der Waals surface area contributed by atoms with Crippen LogP contribution in [-0.2, 0) is 11.2 Å². The summed E-state index contributed by atoms with van der Waals surface area (Å²) in [5.74, 6) is 0.0834. The Morgan fingerprint density at radius 3 is 3.12 bits per heavy atom. The fraction of sp³-hybridized carbons (Fsp3) is 0.300. The number of carbonyl (C=O) groups excluding carboxylic acids is 1. The first-order chi connectivity index (χ1) is 12.2. The molecule has 1 saturated heterocycles. The second-order valence-corrected chi connectivity index (χ2v) is 6.80. The summed E-state index contributed by atoms with van der Waals surface area (Å²) in [5.41, 5.74) is 4.40. The molecule has 3 aromatic rings. The number of anilines is 1. The fourth-order valence-corrected chi connectivity index (χ4v) is 3.49. The van der Waals surface area contributed by atoms with Crippen molar-refractivity contribution in [1.29, 1.82) is 0 Å². The highest BCUT2D eigenvalue weighted by Gasteiger charge is 2.24. The number of nitrogens with zero attached hydrogens (tertiary/aromatic N) is 2. The summed E-state index contributed by atoms with van der Waals surface area (Å²) in [6.07, 6.45) is 7.05. The molecule has 128 valence electrons. The van der Waals surface area contributed by atoms with E-state index < -0.39 is 0 Å². The van der Waals surface area contributed by atoms with Gasteiger partial charge in [-0.1, -0.05) is 12.1 Å². The lowest BCUT2D eigenvalue weighted by molar-refractivity contribution is -0.121. The second kappa shape index (κ2) is 6.59. The van der Waals surface area contributed by atoms with E-state index in [9.17, 15) is 4.79 Å². The van der Waals surface area contributed by atoms with E-state index in [-0.39, 0.29) is 11.9 Å². The highest BCUT2D eigenvalue weighted by molar-refractivity contribution is 5.83. The van der Waals surface area contributed by atoms with E-state index in [4.69, 9.17) is 0 Å². The molecule has 0 unspecified atom stereocenters. The zero-order valence-corrected chi connectivity index (χ0v) is 14.3. The number of nitrogens with one attached hydrogen (secondary N) is 2. The number of hydrogen-bond donors (Lipinski definition) is 2. The number of aryl methyl sites for hydroxylation is 1. The van der Waals surface area contributed by atoms with Crippen molar-refractivity contribution in [2.75, 3.05) is 18.0 Å². The molecule has 5 heteroatoms. The van der Waals surface area contributed by atoms with E-state index in [1.54, 1.807) is 0 Å². The minimum absolute atomic E-state index is 0.0834. The molecule has 1 fully saturated rings. The Hall–Kier alpha value is -2.82. The SMILES string of the molecule is Cc1cncc(N2CC[C@@H](NC(=O)Cc3ccc4cc[nH]c4c3)C2)c1. The van der Waals surface area contributed by atoms with E-state index in [1.807, 2.05) is 43.7 Å². The van der Waals surface area contributed by atoms with Crippen molar-refractivity contribution in [2.45, 2.75) is 25.8 Å². The molecule has 1 atom stereocenters. The van der Waals surface area contributed by atoms with Gasteiger partial charge < -0.3 is 15.2 Å². The number of carbonyl (C=O) groups is 1. The summed E-state index contributed by atoms with van der Waals surface area (Å²) in [5, 5.41) is 4.34. The van der Waals surface area contributed by atoms with Crippen molar-refractivity contribution in [1.82, 2.24) is 15.3 Å². The maximum absolute atomic E-state index is 12.4. The average Bonchev–Trinajstić information content (AvgIpc) is 3.23. The fourth-order valence-electron chi connectivity index (χ4n) is 3.49. The minimum atomic E-state index is 0.0834. The average molecular weight is 334 g/mol. The lowest BCUT2D eigenvalue weighted by Gasteiger charge is -2.19. The molecule has 4 rings (SSSR count). The summed E-state index contributed by atoms with van der Waals surface area (Å²) in [6, 6.07) is 10.5. The zero-order chi connectivity index (χ0) is 17.2. The number of rotatable bonds is 4. The Labute approximate surface area is 147 Å². The van der Waals surface area contributed by atoms with Gasteiger partial charge in [-0.2, -0.15) is 0 Å². The molecule has 0 spiro atoms. The molecule has 1 aliphatic rings. The molecule has 25 heavy (non-hydrogen) atoms. The number of aromatic amines is 1. The third-order valence-corrected chi connectivity index (χ3v) is 4.76. The molecule has 1 aliphatic heterocycles. The molecule has 0 saturated carbocycles. The van der Waals surface area contributed by atoms with Gasteiger partial charge in [-0.25, -0.2) is 0 Å². The second-order valence-electron chi connectivity index (χ2n) is 6.80. The molecule has 1 aromatic carbocycles. The predicted octanol–water partition coefficient (Wildman–Crippen LogP) is 2.81. The van der Waals surface area contributed by atoms with Crippen LogP contribution in [0.25, 0.3) is 10.9 Å². The smallest absolute Gasteiger partial charge is 0.224 e. The number of fused-ring (bicyclic) bond motifs is 1. The topological polar surface area (TPSA) is 61.0 Å². The van der Waals surface area contributed by atoms with Gasteiger partial charge in [0.1, 0.15) is 0 Å². The van der Waals surface area contributed by atoms with E-state index >= 15 is 0 Å². The van der Waals surface area contributed by atoms with Crippen molar-refractivity contribution in [3.8, 4) is 0 Å². The van der Waals surface area contributed by atoms with Gasteiger partial charge in [-0.05, 0) is 48.1 Å². The monoisotopic (exact) mass is 334 g/mol. The van der Waals surface area contributed by atoms with E-state index in [0.29, 0.717) is 6.42 Å². The van der Waals surface area contributed by atoms with Gasteiger partial charge in [0, 0.05) is 37.0 Å². The quantitative estimate of drug-likeness (QED) is 0.771. The van der Waals surface area contributed by atoms with E-state index in [0.717, 1.165) is 41.8 Å². The Balaban J connectivity index is 1.35. The van der Waals surface area contributed by atoms with Crippen LogP contribution < -0.4 is 10.2 Å². The zero-order valence-electron chi connectivity index (χ0n) is 14.3. The maximum atomic E-state index is 12.4. The van der Waals surface area contributed by atoms with Crippen molar-refractivity contribution in [3.63, 3.8) is 0 Å². The molecule has 0 bridgehead atoms. The van der Waals surface area contributed by atoms with Crippen LogP contribution in [0.1, 0.15) is 17.5 Å². The van der Waals surface area contributed by atoms with Crippen molar-refractivity contribution in [2.24, 2.45) is 0 Å². The highest BCUT2D eigenvalue weighted by Crippen LogP contribution is 2.20. The van der Waals surface area contributed by atoms with Crippen LogP contribution in [0.3, 0.4) is 0 Å². The van der Waals surface area contributed by atoms with Crippen LogP contribution in [0.5, 0.6) is 0 Å². The summed E-state index contributed by atoms with van der Waals surface area (Å²) >= 11 is 0. The van der Waals surface area contributed by atoms with Crippen LogP contribution >= 0.6 is 0 Å². The standard InChI is InChI=1S/C20H22N4O/c1-14-8-18(12-21-11-14)24-7-5-17(13-24)23-20(25)10-15-2-3-16-4-6-22-19(16)9-15/h2-4,6,8-9,11-12,17,22H,5,7,10,13H2,1H3,(H,23,25)/t17-/m1/s1. The first-order valence-electron chi connectivity index (χ1n) is 8.69. The molecule has 0 aliphatic carbocycles. The lowest BCUT2D eigenvalue weighted by Crippen LogP contribution is -2.38. The van der Waals surface area contributed by atoms with Gasteiger partial charge in [-0.3, -0.25) is 9.78 Å². The number of hydrogen-bond acceptors (Lipinski definition) is 3. The first-order valence-corrected chi connectivity index (χ1v) is 8.69. The molecule has 0 radical (unpaired) electrons. The van der Waals surface area contributed by atoms with Crippen molar-refractivity contribution >= 4 is 22.5 Å². The van der Waals surface area contributed by atoms with Gasteiger partial charge in [0.05, 0.1) is 18.3 Å². The number of pyridine rings is 1. The molecule has 5 nitrogen and oxygen atoms in total. The molecular formula is C20H22N4O. The first kappa shape index (κ1) is 15.7. The van der Waals surface area contributed by atoms with Gasteiger partial charge in [0.25, 0.3) is 0 Å². The summed E-state index contributed by atoms with van der Waals surface area (Å²) < 4.78 is 0. The van der Waals surface area contributed by atoms with Crippen LogP contribution in [0.2, 0.25) is 0 Å². The van der Waals surface area contributed by atoms with E-state index in [2.05, 4.69) is 32.3 Å². The summed E-state index contributed by atoms with van der Waals surface area (Å²) in [4.78, 5) is 22.1. The third-order valence-electron chi connectivity index (χ3n) is 4.76. The predicted molar refractivity (Wildman–Crippen MR) is 99.7 cm³/mol. The van der Waals surface area contributed by atoms with Crippen LogP contribution in [0.4, 0.5) is 5.69 Å². The number of H-pyrrole nitrogens is 1. The lowest BCUT2D eigenvalue weighted by atomic mass is 10.1. The summed E-state index contributed by atoms with van der Waals surface area (Å²) in [7, 11) is 0. The van der Waals surface area contributed by atoms with Crippen LogP contribution in [0.15, 0.2) is 48.9 Å². The van der Waals surface area contributed by atoms with Gasteiger partial charge in [0.2, 0.25) is 5.91 Å². The van der Waals surface area contributed by atoms with Crippen molar-refractivity contribution in [3.05, 3.63) is 60.0 Å². The Morgan fingerprint density at radius 2 is 2.24 bits per heavy atom. The van der Waals surface area contributed by atoms with Gasteiger partial charge >= 0.3 is 0 Å². The van der Waals surface area contributed by atoms with Crippen molar-refractivity contribution < 1.29 is 4.79 Å². The van der Waals surface area contributed by atoms with Crippen LogP contribution in [0, 0.1) is 6.92 Å². The molecule has 3 heterocycles. The molecule has 2 N–H and O–H groups in total. The third kappa shape index (κ3) is 3.50. The normalized spacial score (nSPS) is 17.2. The Morgan fingerprint density at radius 1 is 1.32 bits per heavy atom. The van der Waals surface area contributed by atoms with Crippen LogP contribution in [-0.4, -0.2) is 35.0 Å². The number of aromatic nitrogens is 2. The molecule has 1 amide bonds. The number of amides is 1. The maximum Gasteiger partial charge on any atom is 0.224 e. The minimum Gasteiger partial charge on any atom is -0.368 e. The van der Waals surface area contributed by atoms with Gasteiger partial charge in [0.15, 0.2) is 0 Å². The largest absolute Gasteiger partial charge is 0.368 e. The Kier molecular flexibility index (Phi) is 4.14. The highest BCUT2D eigenvalue weighted by atomic mass is 16.1. The van der Waals surface area contributed by atoms with Gasteiger partial charge in [-0.15, -0.1) is 0 Å². The Bertz CT molecular complexity index is 901. The molecular weight excluding hydrogens is 312 g/mol. The molecule has 2 aromatic heterocycles. The number of benzene rings is 1.